The molecule has 4 aromatic carbocycles. The molecule has 216 valence electrons. The monoisotopic (exact) mass is 576 g/mol. The lowest BCUT2D eigenvalue weighted by atomic mass is 9.74. The Bertz CT molecular complexity index is 1790. The summed E-state index contributed by atoms with van der Waals surface area (Å²) in [5, 5.41) is 95.1. The molecule has 0 saturated heterocycles. The van der Waals surface area contributed by atoms with Gasteiger partial charge >= 0.3 is 5.79 Å². The van der Waals surface area contributed by atoms with Crippen LogP contribution >= 0.6 is 0 Å². The lowest BCUT2D eigenvalue weighted by molar-refractivity contribution is -0.219. The molecule has 0 saturated carbocycles. The van der Waals surface area contributed by atoms with Crippen molar-refractivity contribution in [3.63, 3.8) is 0 Å². The number of benzene rings is 4. The van der Waals surface area contributed by atoms with Crippen molar-refractivity contribution in [2.24, 2.45) is 0 Å². The number of ether oxygens (including phenoxy) is 3. The maximum absolute atomic E-state index is 11.9. The van der Waals surface area contributed by atoms with Gasteiger partial charge in [0.1, 0.15) is 46.7 Å². The van der Waals surface area contributed by atoms with E-state index in [-0.39, 0.29) is 63.2 Å². The smallest absolute Gasteiger partial charge is 0.305 e. The van der Waals surface area contributed by atoms with E-state index in [1.54, 1.807) is 0 Å². The number of phenols is 7. The van der Waals surface area contributed by atoms with Crippen LogP contribution in [-0.4, -0.2) is 58.2 Å². The molecule has 4 aromatic rings. The highest BCUT2D eigenvalue weighted by Crippen LogP contribution is 2.62. The summed E-state index contributed by atoms with van der Waals surface area (Å²) in [7, 11) is 0. The SMILES string of the molecule is Oc1cc(O)c2c(c1)O[C@@]1(c3ccc(O)c(O)c3)Oc3cc(O)c4c(c3C2[C@H]1O)O[C@H](c1ccc(O)c(O)c1)[C@H](O)C4. The third-order valence-corrected chi connectivity index (χ3v) is 8.03. The minimum absolute atomic E-state index is 0.0177. The van der Waals surface area contributed by atoms with Crippen molar-refractivity contribution in [1.82, 2.24) is 0 Å². The molecular weight excluding hydrogens is 552 g/mol. The Kier molecular flexibility index (Phi) is 5.30. The van der Waals surface area contributed by atoms with Gasteiger partial charge < -0.3 is 60.2 Å². The molecule has 42 heavy (non-hydrogen) atoms. The van der Waals surface area contributed by atoms with E-state index in [0.717, 1.165) is 12.1 Å². The third kappa shape index (κ3) is 3.49. The first-order chi connectivity index (χ1) is 20.0. The average Bonchev–Trinajstić information content (AvgIpc) is 2.92. The van der Waals surface area contributed by atoms with E-state index in [2.05, 4.69) is 0 Å². The Labute approximate surface area is 236 Å². The molecule has 12 heteroatoms. The molecule has 0 radical (unpaired) electrons. The molecule has 1 unspecified atom stereocenters. The Balaban J connectivity index is 1.47. The summed E-state index contributed by atoms with van der Waals surface area (Å²) >= 11 is 0. The minimum Gasteiger partial charge on any atom is -0.508 e. The topological polar surface area (TPSA) is 210 Å². The summed E-state index contributed by atoms with van der Waals surface area (Å²) in [4.78, 5) is 0. The van der Waals surface area contributed by atoms with Crippen molar-refractivity contribution < 1.29 is 60.2 Å². The van der Waals surface area contributed by atoms with Gasteiger partial charge in [-0.1, -0.05) is 6.07 Å². The van der Waals surface area contributed by atoms with Crippen LogP contribution < -0.4 is 14.2 Å². The molecule has 2 bridgehead atoms. The fraction of sp³-hybridized carbons (Fsp3) is 0.200. The molecule has 7 rings (SSSR count). The number of rotatable bonds is 2. The van der Waals surface area contributed by atoms with Crippen molar-refractivity contribution in [3.05, 3.63) is 82.4 Å². The fourth-order valence-corrected chi connectivity index (χ4v) is 6.09. The molecule has 0 spiro atoms. The van der Waals surface area contributed by atoms with Crippen LogP contribution in [0.2, 0.25) is 0 Å². The van der Waals surface area contributed by atoms with Crippen molar-refractivity contribution in [3.8, 4) is 57.5 Å². The number of hydrogen-bond donors (Lipinski definition) is 9. The molecule has 12 nitrogen and oxygen atoms in total. The van der Waals surface area contributed by atoms with Crippen LogP contribution in [-0.2, 0) is 12.2 Å². The highest BCUT2D eigenvalue weighted by molar-refractivity contribution is 5.68. The van der Waals surface area contributed by atoms with Crippen LogP contribution in [0, 0.1) is 0 Å². The molecule has 3 aliphatic heterocycles. The molecular formula is C30H24O12. The summed E-state index contributed by atoms with van der Waals surface area (Å²) in [6.07, 6.45) is -4.00. The number of aliphatic hydroxyl groups excluding tert-OH is 2. The fourth-order valence-electron chi connectivity index (χ4n) is 6.09. The van der Waals surface area contributed by atoms with Gasteiger partial charge in [0.2, 0.25) is 0 Å². The Morgan fingerprint density at radius 1 is 0.643 bits per heavy atom. The van der Waals surface area contributed by atoms with E-state index in [1.165, 1.54) is 42.5 Å². The second kappa shape index (κ2) is 8.65. The van der Waals surface area contributed by atoms with E-state index in [4.69, 9.17) is 14.2 Å². The van der Waals surface area contributed by atoms with E-state index in [9.17, 15) is 46.0 Å². The Morgan fingerprint density at radius 3 is 2.00 bits per heavy atom. The first-order valence-electron chi connectivity index (χ1n) is 12.9. The maximum atomic E-state index is 11.9. The van der Waals surface area contributed by atoms with Gasteiger partial charge in [0, 0.05) is 46.9 Å². The minimum atomic E-state index is -2.09. The van der Waals surface area contributed by atoms with Gasteiger partial charge in [-0.3, -0.25) is 0 Å². The van der Waals surface area contributed by atoms with Crippen molar-refractivity contribution in [2.45, 2.75) is 36.4 Å². The molecule has 3 heterocycles. The van der Waals surface area contributed by atoms with Crippen LogP contribution in [0.1, 0.15) is 39.8 Å². The standard InChI is InChI=1S/C30H24O12/c31-13-7-20(37)24-22(8-13)41-30(12-2-4-16(33)19(36)6-12)29(39)26(24)25-23(42-30)10-17(34)14-9-21(38)27(40-28(14)25)11-1-3-15(32)18(35)5-11/h1-8,10,21,26-27,29,31-39H,9H2/t21-,26?,27-,29-,30+/m1/s1. The normalized spacial score (nSPS) is 25.2. The quantitative estimate of drug-likeness (QED) is 0.158. The van der Waals surface area contributed by atoms with Crippen LogP contribution in [0.25, 0.3) is 0 Å². The highest BCUT2D eigenvalue weighted by atomic mass is 16.7. The van der Waals surface area contributed by atoms with Crippen molar-refractivity contribution >= 4 is 0 Å². The maximum Gasteiger partial charge on any atom is 0.305 e. The van der Waals surface area contributed by atoms with Crippen LogP contribution in [0.15, 0.2) is 54.6 Å². The van der Waals surface area contributed by atoms with Gasteiger partial charge in [-0.25, -0.2) is 0 Å². The lowest BCUT2D eigenvalue weighted by Gasteiger charge is -2.50. The predicted molar refractivity (Wildman–Crippen MR) is 141 cm³/mol. The molecule has 0 aliphatic carbocycles. The zero-order valence-electron chi connectivity index (χ0n) is 21.5. The zero-order chi connectivity index (χ0) is 29.7. The van der Waals surface area contributed by atoms with Gasteiger partial charge in [0.05, 0.1) is 12.0 Å². The van der Waals surface area contributed by atoms with Crippen LogP contribution in [0.3, 0.4) is 0 Å². The molecule has 0 aromatic heterocycles. The van der Waals surface area contributed by atoms with Gasteiger partial charge in [-0.15, -0.1) is 0 Å². The first-order valence-corrected chi connectivity index (χ1v) is 12.9. The van der Waals surface area contributed by atoms with Gasteiger partial charge in [-0.05, 0) is 35.9 Å². The Hall–Kier alpha value is -5.20. The lowest BCUT2D eigenvalue weighted by Crippen LogP contribution is -2.57. The second-order valence-corrected chi connectivity index (χ2v) is 10.5. The molecule has 0 fully saturated rings. The van der Waals surface area contributed by atoms with E-state index >= 15 is 0 Å². The van der Waals surface area contributed by atoms with E-state index < -0.39 is 53.0 Å². The zero-order valence-corrected chi connectivity index (χ0v) is 21.5. The Morgan fingerprint density at radius 2 is 1.31 bits per heavy atom. The second-order valence-electron chi connectivity index (χ2n) is 10.5. The molecule has 5 atom stereocenters. The number of aliphatic hydroxyl groups is 2. The number of fused-ring (bicyclic) bond motifs is 8. The number of aromatic hydroxyl groups is 7. The van der Waals surface area contributed by atoms with Gasteiger partial charge in [0.25, 0.3) is 0 Å². The number of hydrogen-bond acceptors (Lipinski definition) is 12. The van der Waals surface area contributed by atoms with Crippen LogP contribution in [0.5, 0.6) is 57.5 Å². The van der Waals surface area contributed by atoms with Crippen molar-refractivity contribution in [1.29, 1.82) is 0 Å². The summed E-state index contributed by atoms with van der Waals surface area (Å²) in [5.41, 5.74) is 0.842. The summed E-state index contributed by atoms with van der Waals surface area (Å²) in [6, 6.07) is 11.1. The van der Waals surface area contributed by atoms with Crippen molar-refractivity contribution in [2.75, 3.05) is 0 Å². The summed E-state index contributed by atoms with van der Waals surface area (Å²) in [5.74, 6) is -6.11. The third-order valence-electron chi connectivity index (χ3n) is 8.03. The number of phenolic OH excluding ortho intramolecular Hbond substituents is 7. The molecule has 0 amide bonds. The van der Waals surface area contributed by atoms with Crippen LogP contribution in [0.4, 0.5) is 0 Å². The molecule has 9 N–H and O–H groups in total. The van der Waals surface area contributed by atoms with Gasteiger partial charge in [-0.2, -0.15) is 0 Å². The average molecular weight is 577 g/mol. The highest BCUT2D eigenvalue weighted by Gasteiger charge is 2.60. The van der Waals surface area contributed by atoms with E-state index in [1.807, 2.05) is 0 Å². The first kappa shape index (κ1) is 25.7. The summed E-state index contributed by atoms with van der Waals surface area (Å²) in [6.45, 7) is 0. The molecule has 3 aliphatic rings. The summed E-state index contributed by atoms with van der Waals surface area (Å²) < 4.78 is 18.6. The predicted octanol–water partition coefficient (Wildman–Crippen LogP) is 2.79. The van der Waals surface area contributed by atoms with Gasteiger partial charge in [0.15, 0.2) is 23.0 Å². The largest absolute Gasteiger partial charge is 0.508 e. The van der Waals surface area contributed by atoms with E-state index in [0.29, 0.717) is 5.56 Å².